The number of carbonyl (C=O) groups is 2. The molecule has 1 rings (SSSR count). The molecule has 19 heavy (non-hydrogen) atoms. The number of benzene rings is 1. The van der Waals surface area contributed by atoms with Crippen molar-refractivity contribution in [3.63, 3.8) is 0 Å². The smallest absolute Gasteiger partial charge is 0.335 e. The number of halogens is 1. The number of nitrogens with zero attached hydrogens (tertiary/aromatic N) is 1. The number of carboxylic acids is 1. The molecule has 5 nitrogen and oxygen atoms in total. The van der Waals surface area contributed by atoms with E-state index in [-0.39, 0.29) is 22.7 Å². The van der Waals surface area contributed by atoms with Crippen LogP contribution in [0.15, 0.2) is 18.2 Å². The molecule has 0 aromatic heterocycles. The molecule has 0 aliphatic rings. The Hall–Kier alpha value is -1.75. The average molecular weight is 285 g/mol. The van der Waals surface area contributed by atoms with Crippen LogP contribution in [0.4, 0.5) is 10.5 Å². The number of urea groups is 1. The SMILES string of the molecule is CCN(C(=O)Nc1ccc(C(=O)O)cc1Cl)C(C)C. The van der Waals surface area contributed by atoms with Crippen molar-refractivity contribution < 1.29 is 14.7 Å². The van der Waals surface area contributed by atoms with E-state index in [1.54, 1.807) is 4.90 Å². The molecule has 0 heterocycles. The van der Waals surface area contributed by atoms with Crippen LogP contribution in [0.5, 0.6) is 0 Å². The average Bonchev–Trinajstić information content (AvgIpc) is 2.31. The molecule has 0 bridgehead atoms. The van der Waals surface area contributed by atoms with Gasteiger partial charge in [0.25, 0.3) is 0 Å². The molecule has 0 aliphatic carbocycles. The monoisotopic (exact) mass is 284 g/mol. The van der Waals surface area contributed by atoms with E-state index in [9.17, 15) is 9.59 Å². The topological polar surface area (TPSA) is 69.6 Å². The molecule has 1 aromatic rings. The molecule has 0 saturated carbocycles. The van der Waals surface area contributed by atoms with Gasteiger partial charge in [-0.2, -0.15) is 0 Å². The van der Waals surface area contributed by atoms with Crippen molar-refractivity contribution in [3.8, 4) is 0 Å². The van der Waals surface area contributed by atoms with Gasteiger partial charge >= 0.3 is 12.0 Å². The second-order valence-corrected chi connectivity index (χ2v) is 4.72. The van der Waals surface area contributed by atoms with Crippen LogP contribution in [0.1, 0.15) is 31.1 Å². The van der Waals surface area contributed by atoms with Gasteiger partial charge in [-0.05, 0) is 39.0 Å². The summed E-state index contributed by atoms with van der Waals surface area (Å²) in [5.74, 6) is -1.06. The first-order valence-electron chi connectivity index (χ1n) is 5.97. The summed E-state index contributed by atoms with van der Waals surface area (Å²) in [6, 6.07) is 4.00. The predicted molar refractivity (Wildman–Crippen MR) is 74.9 cm³/mol. The van der Waals surface area contributed by atoms with Crippen LogP contribution >= 0.6 is 11.6 Å². The summed E-state index contributed by atoms with van der Waals surface area (Å²) in [5, 5.41) is 11.7. The number of carbonyl (C=O) groups excluding carboxylic acids is 1. The largest absolute Gasteiger partial charge is 0.478 e. The Morgan fingerprint density at radius 2 is 2.05 bits per heavy atom. The number of aromatic carboxylic acids is 1. The molecule has 2 N–H and O–H groups in total. The van der Waals surface area contributed by atoms with Gasteiger partial charge in [0.2, 0.25) is 0 Å². The van der Waals surface area contributed by atoms with Crippen LogP contribution in [0.3, 0.4) is 0 Å². The lowest BCUT2D eigenvalue weighted by atomic mass is 10.2. The molecule has 0 fully saturated rings. The molecule has 0 spiro atoms. The van der Waals surface area contributed by atoms with Gasteiger partial charge in [0.1, 0.15) is 0 Å². The number of carboxylic acid groups (broad SMARTS) is 1. The zero-order valence-corrected chi connectivity index (χ0v) is 11.9. The van der Waals surface area contributed by atoms with Gasteiger partial charge in [-0.25, -0.2) is 9.59 Å². The maximum Gasteiger partial charge on any atom is 0.335 e. The highest BCUT2D eigenvalue weighted by Crippen LogP contribution is 2.23. The summed E-state index contributed by atoms with van der Waals surface area (Å²) in [5.41, 5.74) is 0.481. The van der Waals surface area contributed by atoms with Gasteiger partial charge in [0.15, 0.2) is 0 Å². The molecule has 1 aromatic carbocycles. The van der Waals surface area contributed by atoms with E-state index in [2.05, 4.69) is 5.32 Å². The van der Waals surface area contributed by atoms with E-state index >= 15 is 0 Å². The number of hydrogen-bond donors (Lipinski definition) is 2. The Bertz CT molecular complexity index is 489. The van der Waals surface area contributed by atoms with E-state index in [4.69, 9.17) is 16.7 Å². The molecular formula is C13H17ClN2O3. The lowest BCUT2D eigenvalue weighted by Crippen LogP contribution is -2.39. The Kier molecular flexibility index (Phi) is 5.18. The van der Waals surface area contributed by atoms with Crippen LogP contribution in [0.25, 0.3) is 0 Å². The van der Waals surface area contributed by atoms with Crippen LogP contribution in [-0.2, 0) is 0 Å². The lowest BCUT2D eigenvalue weighted by Gasteiger charge is -2.25. The fourth-order valence-electron chi connectivity index (χ4n) is 1.68. The molecule has 0 unspecified atom stereocenters. The Labute approximate surface area is 117 Å². The van der Waals surface area contributed by atoms with Crippen molar-refractivity contribution in [2.24, 2.45) is 0 Å². The number of rotatable bonds is 4. The van der Waals surface area contributed by atoms with Gasteiger partial charge in [0.05, 0.1) is 16.3 Å². The fraction of sp³-hybridized carbons (Fsp3) is 0.385. The van der Waals surface area contributed by atoms with E-state index in [1.807, 2.05) is 20.8 Å². The van der Waals surface area contributed by atoms with Crippen molar-refractivity contribution in [1.82, 2.24) is 4.90 Å². The second-order valence-electron chi connectivity index (χ2n) is 4.31. The third kappa shape index (κ3) is 3.86. The maximum atomic E-state index is 12.0. The number of anilines is 1. The van der Waals surface area contributed by atoms with Crippen LogP contribution < -0.4 is 5.32 Å². The Morgan fingerprint density at radius 1 is 1.42 bits per heavy atom. The molecule has 0 atom stereocenters. The minimum absolute atomic E-state index is 0.0714. The van der Waals surface area contributed by atoms with E-state index < -0.39 is 5.97 Å². The van der Waals surface area contributed by atoms with E-state index in [0.29, 0.717) is 12.2 Å². The zero-order chi connectivity index (χ0) is 14.6. The summed E-state index contributed by atoms with van der Waals surface area (Å²) in [4.78, 5) is 24.4. The molecule has 0 radical (unpaired) electrons. The predicted octanol–water partition coefficient (Wildman–Crippen LogP) is 3.30. The number of hydrogen-bond acceptors (Lipinski definition) is 2. The highest BCUT2D eigenvalue weighted by molar-refractivity contribution is 6.34. The Balaban J connectivity index is 2.88. The molecule has 6 heteroatoms. The van der Waals surface area contributed by atoms with Crippen LogP contribution in [0.2, 0.25) is 5.02 Å². The van der Waals surface area contributed by atoms with E-state index in [0.717, 1.165) is 0 Å². The first-order chi connectivity index (χ1) is 8.86. The van der Waals surface area contributed by atoms with Gasteiger partial charge < -0.3 is 15.3 Å². The van der Waals surface area contributed by atoms with Crippen molar-refractivity contribution in [3.05, 3.63) is 28.8 Å². The second kappa shape index (κ2) is 6.43. The summed E-state index contributed by atoms with van der Waals surface area (Å²) in [6.45, 7) is 6.29. The molecular weight excluding hydrogens is 268 g/mol. The fourth-order valence-corrected chi connectivity index (χ4v) is 1.91. The third-order valence-corrected chi connectivity index (χ3v) is 3.00. The van der Waals surface area contributed by atoms with Crippen molar-refractivity contribution in [1.29, 1.82) is 0 Å². The third-order valence-electron chi connectivity index (χ3n) is 2.68. The van der Waals surface area contributed by atoms with Gasteiger partial charge in [-0.1, -0.05) is 11.6 Å². The molecule has 0 aliphatic heterocycles. The van der Waals surface area contributed by atoms with Crippen molar-refractivity contribution in [2.45, 2.75) is 26.8 Å². The van der Waals surface area contributed by atoms with Crippen molar-refractivity contribution >= 4 is 29.3 Å². The van der Waals surface area contributed by atoms with Crippen molar-refractivity contribution in [2.75, 3.05) is 11.9 Å². The Morgan fingerprint density at radius 3 is 2.47 bits per heavy atom. The highest BCUT2D eigenvalue weighted by atomic mass is 35.5. The van der Waals surface area contributed by atoms with Crippen LogP contribution in [-0.4, -0.2) is 34.6 Å². The molecule has 2 amide bonds. The zero-order valence-electron chi connectivity index (χ0n) is 11.1. The van der Waals surface area contributed by atoms with E-state index in [1.165, 1.54) is 18.2 Å². The van der Waals surface area contributed by atoms with Crippen LogP contribution in [0, 0.1) is 0 Å². The molecule has 104 valence electrons. The van der Waals surface area contributed by atoms with Gasteiger partial charge in [-0.3, -0.25) is 0 Å². The first-order valence-corrected chi connectivity index (χ1v) is 6.35. The quantitative estimate of drug-likeness (QED) is 0.891. The number of nitrogens with one attached hydrogen (secondary N) is 1. The maximum absolute atomic E-state index is 12.0. The van der Waals surface area contributed by atoms with Gasteiger partial charge in [0, 0.05) is 12.6 Å². The summed E-state index contributed by atoms with van der Waals surface area (Å²) < 4.78 is 0. The lowest BCUT2D eigenvalue weighted by molar-refractivity contribution is 0.0697. The minimum Gasteiger partial charge on any atom is -0.478 e. The molecule has 0 saturated heterocycles. The number of amides is 2. The minimum atomic E-state index is -1.06. The van der Waals surface area contributed by atoms with Gasteiger partial charge in [-0.15, -0.1) is 0 Å². The highest BCUT2D eigenvalue weighted by Gasteiger charge is 2.16. The summed E-state index contributed by atoms with van der Waals surface area (Å²) in [7, 11) is 0. The summed E-state index contributed by atoms with van der Waals surface area (Å²) in [6.07, 6.45) is 0. The summed E-state index contributed by atoms with van der Waals surface area (Å²) >= 11 is 5.95. The standard InChI is InChI=1S/C13H17ClN2O3/c1-4-16(8(2)3)13(19)15-11-6-5-9(12(17)18)7-10(11)14/h5-8H,4H2,1-3H3,(H,15,19)(H,17,18). The normalized spacial score (nSPS) is 10.4. The first kappa shape index (κ1) is 15.3.